The molecule has 2 amide bonds. The number of carbonyl (C=O) groups excluding carboxylic acids is 2. The number of amides is 2. The molecule has 0 saturated heterocycles. The van der Waals surface area contributed by atoms with Gasteiger partial charge in [0.1, 0.15) is 5.82 Å². The van der Waals surface area contributed by atoms with E-state index < -0.39 is 17.4 Å². The zero-order valence-corrected chi connectivity index (χ0v) is 15.1. The maximum atomic E-state index is 13.5. The van der Waals surface area contributed by atoms with Crippen molar-refractivity contribution in [1.29, 1.82) is 0 Å². The second-order valence-corrected chi connectivity index (χ2v) is 7.02. The summed E-state index contributed by atoms with van der Waals surface area (Å²) in [5.74, 6) is -1.25. The molecule has 2 N–H and O–H groups in total. The number of benzene rings is 3. The number of nitrogens with one attached hydrogen (secondary N) is 2. The highest BCUT2D eigenvalue weighted by atomic mass is 35.5. The number of rotatable bonds is 1. The Morgan fingerprint density at radius 3 is 2.46 bits per heavy atom. The van der Waals surface area contributed by atoms with E-state index in [1.165, 1.54) is 29.2 Å². The zero-order valence-electron chi connectivity index (χ0n) is 14.4. The second-order valence-electron chi connectivity index (χ2n) is 6.61. The molecular weight excluding hydrogens is 381 g/mol. The van der Waals surface area contributed by atoms with Crippen molar-refractivity contribution in [3.63, 3.8) is 0 Å². The van der Waals surface area contributed by atoms with Gasteiger partial charge in [0.25, 0.3) is 11.8 Å². The number of anilines is 3. The lowest BCUT2D eigenvalue weighted by Crippen LogP contribution is -2.61. The average Bonchev–Trinajstić information content (AvgIpc) is 2.97. The van der Waals surface area contributed by atoms with Crippen molar-refractivity contribution < 1.29 is 14.0 Å². The fourth-order valence-electron chi connectivity index (χ4n) is 3.83. The van der Waals surface area contributed by atoms with Crippen LogP contribution in [-0.2, 0) is 10.5 Å². The molecule has 0 fully saturated rings. The monoisotopic (exact) mass is 393 g/mol. The molecule has 0 saturated carbocycles. The van der Waals surface area contributed by atoms with Crippen LogP contribution in [0.15, 0.2) is 66.7 Å². The Morgan fingerprint density at radius 2 is 1.68 bits per heavy atom. The largest absolute Gasteiger partial charge is 0.350 e. The predicted molar refractivity (Wildman–Crippen MR) is 105 cm³/mol. The fraction of sp³-hybridized carbons (Fsp3) is 0.0476. The highest BCUT2D eigenvalue weighted by Gasteiger charge is 2.57. The van der Waals surface area contributed by atoms with Crippen LogP contribution in [0, 0.1) is 5.82 Å². The number of carbonyl (C=O) groups is 2. The summed E-state index contributed by atoms with van der Waals surface area (Å²) in [5, 5.41) is 6.40. The topological polar surface area (TPSA) is 61.4 Å². The van der Waals surface area contributed by atoms with Crippen molar-refractivity contribution in [3.05, 3.63) is 88.7 Å². The number of para-hydroxylation sites is 2. The Balaban J connectivity index is 1.82. The molecule has 3 aromatic rings. The van der Waals surface area contributed by atoms with Crippen molar-refractivity contribution in [2.45, 2.75) is 5.66 Å². The molecule has 1 atom stereocenters. The third-order valence-corrected chi connectivity index (χ3v) is 5.38. The normalized spacial score (nSPS) is 19.9. The molecule has 0 radical (unpaired) electrons. The second kappa shape index (κ2) is 5.81. The first-order chi connectivity index (χ1) is 13.5. The van der Waals surface area contributed by atoms with Crippen LogP contribution in [0.4, 0.5) is 21.5 Å². The van der Waals surface area contributed by atoms with Gasteiger partial charge in [0.05, 0.1) is 16.3 Å². The molecule has 2 aliphatic heterocycles. The minimum atomic E-state index is -1.54. The van der Waals surface area contributed by atoms with Crippen molar-refractivity contribution in [2.24, 2.45) is 0 Å². The number of hydrogen-bond donors (Lipinski definition) is 2. The van der Waals surface area contributed by atoms with Gasteiger partial charge in [-0.2, -0.15) is 0 Å². The lowest BCUT2D eigenvalue weighted by atomic mass is 9.92. The fourth-order valence-corrected chi connectivity index (χ4v) is 4.05. The third kappa shape index (κ3) is 2.12. The van der Waals surface area contributed by atoms with Gasteiger partial charge in [0, 0.05) is 16.9 Å². The summed E-state index contributed by atoms with van der Waals surface area (Å²) in [6, 6.07) is 17.5. The molecule has 0 aliphatic carbocycles. The quantitative estimate of drug-likeness (QED) is 0.646. The summed E-state index contributed by atoms with van der Waals surface area (Å²) in [5.41, 5.74) is 0.771. The molecule has 138 valence electrons. The van der Waals surface area contributed by atoms with Crippen LogP contribution in [-0.4, -0.2) is 11.8 Å². The molecule has 2 heterocycles. The van der Waals surface area contributed by atoms with Gasteiger partial charge in [0.2, 0.25) is 5.66 Å². The first-order valence-corrected chi connectivity index (χ1v) is 8.98. The van der Waals surface area contributed by atoms with Gasteiger partial charge in [-0.3, -0.25) is 14.5 Å². The molecule has 0 unspecified atom stereocenters. The number of fused-ring (bicyclic) bond motifs is 3. The van der Waals surface area contributed by atoms with Gasteiger partial charge in [-0.05, 0) is 42.5 Å². The van der Waals surface area contributed by atoms with Crippen LogP contribution in [0.5, 0.6) is 0 Å². The Labute approximate surface area is 164 Å². The van der Waals surface area contributed by atoms with E-state index in [9.17, 15) is 14.0 Å². The Hall–Kier alpha value is -3.38. The number of hydrogen-bond acceptors (Lipinski definition) is 3. The first-order valence-electron chi connectivity index (χ1n) is 8.60. The molecule has 2 aliphatic rings. The maximum absolute atomic E-state index is 13.5. The molecule has 5 rings (SSSR count). The number of halogens is 2. The molecule has 7 heteroatoms. The predicted octanol–water partition coefficient (Wildman–Crippen LogP) is 4.36. The van der Waals surface area contributed by atoms with Gasteiger partial charge in [-0.15, -0.1) is 0 Å². The van der Waals surface area contributed by atoms with Gasteiger partial charge in [-0.25, -0.2) is 4.39 Å². The van der Waals surface area contributed by atoms with Crippen molar-refractivity contribution >= 4 is 40.5 Å². The van der Waals surface area contributed by atoms with Crippen LogP contribution >= 0.6 is 11.6 Å². The van der Waals surface area contributed by atoms with Gasteiger partial charge >= 0.3 is 0 Å². The van der Waals surface area contributed by atoms with E-state index in [4.69, 9.17) is 11.6 Å². The summed E-state index contributed by atoms with van der Waals surface area (Å²) in [6.45, 7) is 0. The van der Waals surface area contributed by atoms with E-state index in [1.807, 2.05) is 0 Å². The Bertz CT molecular complexity index is 1150. The molecular formula is C21H13ClFN3O2. The van der Waals surface area contributed by atoms with Crippen LogP contribution < -0.4 is 15.5 Å². The van der Waals surface area contributed by atoms with Crippen LogP contribution in [0.25, 0.3) is 0 Å². The van der Waals surface area contributed by atoms with Crippen LogP contribution in [0.3, 0.4) is 0 Å². The van der Waals surface area contributed by atoms with E-state index in [0.29, 0.717) is 33.2 Å². The van der Waals surface area contributed by atoms with Gasteiger partial charge in [-0.1, -0.05) is 35.9 Å². The summed E-state index contributed by atoms with van der Waals surface area (Å²) in [6.07, 6.45) is 0. The van der Waals surface area contributed by atoms with Crippen LogP contribution in [0.1, 0.15) is 15.9 Å². The van der Waals surface area contributed by atoms with E-state index >= 15 is 0 Å². The molecule has 3 aromatic carbocycles. The smallest absolute Gasteiger partial charge is 0.276 e. The highest BCUT2D eigenvalue weighted by molar-refractivity contribution is 6.35. The van der Waals surface area contributed by atoms with Crippen molar-refractivity contribution in [1.82, 2.24) is 0 Å². The van der Waals surface area contributed by atoms with Crippen molar-refractivity contribution in [3.8, 4) is 0 Å². The van der Waals surface area contributed by atoms with Gasteiger partial charge in [0.15, 0.2) is 0 Å². The van der Waals surface area contributed by atoms with E-state index in [0.717, 1.165) is 0 Å². The van der Waals surface area contributed by atoms with Gasteiger partial charge < -0.3 is 10.6 Å². The molecule has 0 aromatic heterocycles. The molecule has 1 spiro atoms. The average molecular weight is 394 g/mol. The van der Waals surface area contributed by atoms with E-state index in [1.54, 1.807) is 42.5 Å². The molecule has 28 heavy (non-hydrogen) atoms. The Kier molecular flexibility index (Phi) is 3.48. The lowest BCUT2D eigenvalue weighted by Gasteiger charge is -2.44. The maximum Gasteiger partial charge on any atom is 0.276 e. The zero-order chi connectivity index (χ0) is 19.5. The van der Waals surface area contributed by atoms with E-state index in [2.05, 4.69) is 10.6 Å². The Morgan fingerprint density at radius 1 is 0.929 bits per heavy atom. The standard InChI is InChI=1S/C21H13ClFN3O2/c22-16-6-3-5-15-18(16)24-20(28)21(15)25-17-7-2-1-4-14(17)19(27)26(21)13-10-8-12(23)9-11-13/h1-11,25H,(H,24,28)/t21-/m0/s1. The minimum Gasteiger partial charge on any atom is -0.350 e. The molecule has 5 nitrogen and oxygen atoms in total. The first kappa shape index (κ1) is 16.8. The SMILES string of the molecule is O=C1c2ccccc2N[C@]2(C(=O)Nc3c(Cl)cccc32)N1c1ccc(F)cc1. The van der Waals surface area contributed by atoms with Crippen molar-refractivity contribution in [2.75, 3.05) is 15.5 Å². The van der Waals surface area contributed by atoms with Crippen LogP contribution in [0.2, 0.25) is 5.02 Å². The summed E-state index contributed by atoms with van der Waals surface area (Å²) in [7, 11) is 0. The summed E-state index contributed by atoms with van der Waals surface area (Å²) >= 11 is 6.29. The lowest BCUT2D eigenvalue weighted by molar-refractivity contribution is -0.119. The van der Waals surface area contributed by atoms with E-state index in [-0.39, 0.29) is 5.91 Å². The third-order valence-electron chi connectivity index (χ3n) is 5.07. The summed E-state index contributed by atoms with van der Waals surface area (Å²) < 4.78 is 13.5. The minimum absolute atomic E-state index is 0.370. The summed E-state index contributed by atoms with van der Waals surface area (Å²) in [4.78, 5) is 28.1. The highest BCUT2D eigenvalue weighted by Crippen LogP contribution is 2.48. The number of nitrogens with zero attached hydrogens (tertiary/aromatic N) is 1. The molecule has 0 bridgehead atoms.